The van der Waals surface area contributed by atoms with Gasteiger partial charge in [0.1, 0.15) is 0 Å². The predicted molar refractivity (Wildman–Crippen MR) is 104 cm³/mol. The van der Waals surface area contributed by atoms with E-state index in [9.17, 15) is 4.79 Å². The van der Waals surface area contributed by atoms with E-state index in [0.29, 0.717) is 11.6 Å². The molecule has 2 aromatic rings. The average Bonchev–Trinajstić information content (AvgIpc) is 3.13. The zero-order valence-electron chi connectivity index (χ0n) is 15.9. The summed E-state index contributed by atoms with van der Waals surface area (Å²) in [6.07, 6.45) is 6.23. The van der Waals surface area contributed by atoms with Crippen LogP contribution in [0.1, 0.15) is 35.2 Å². The molecule has 5 heteroatoms. The van der Waals surface area contributed by atoms with Gasteiger partial charge in [-0.2, -0.15) is 0 Å². The Morgan fingerprint density at radius 1 is 1.19 bits per heavy atom. The molecule has 4 rings (SSSR count). The maximum Gasteiger partial charge on any atom is 0.253 e. The van der Waals surface area contributed by atoms with Gasteiger partial charge >= 0.3 is 0 Å². The fraction of sp³-hybridized carbons (Fsp3) is 0.455. The minimum absolute atomic E-state index is 0.0648. The number of aromatic nitrogens is 1. The minimum atomic E-state index is -0.0648. The Kier molecular flexibility index (Phi) is 5.23. The Balaban J connectivity index is 1.32. The summed E-state index contributed by atoms with van der Waals surface area (Å²) in [4.78, 5) is 21.0. The van der Waals surface area contributed by atoms with Crippen LogP contribution in [0.2, 0.25) is 0 Å². The molecular formula is C22H27N3O2. The van der Waals surface area contributed by atoms with E-state index in [0.717, 1.165) is 45.5 Å². The summed E-state index contributed by atoms with van der Waals surface area (Å²) < 4.78 is 6.30. The van der Waals surface area contributed by atoms with E-state index >= 15 is 0 Å². The number of carbonyl (C=O) groups is 1. The second-order valence-electron chi connectivity index (χ2n) is 7.78. The van der Waals surface area contributed by atoms with Crippen molar-refractivity contribution in [3.8, 4) is 0 Å². The third kappa shape index (κ3) is 4.04. The molecule has 0 saturated carbocycles. The largest absolute Gasteiger partial charge is 0.373 e. The smallest absolute Gasteiger partial charge is 0.253 e. The van der Waals surface area contributed by atoms with Crippen molar-refractivity contribution in [3.05, 3.63) is 66.0 Å². The lowest BCUT2D eigenvalue weighted by atomic mass is 9.87. The van der Waals surface area contributed by atoms with Gasteiger partial charge in [0, 0.05) is 43.6 Å². The zero-order chi connectivity index (χ0) is 18.7. The highest BCUT2D eigenvalue weighted by atomic mass is 16.5. The highest BCUT2D eigenvalue weighted by Gasteiger charge is 2.44. The van der Waals surface area contributed by atoms with Gasteiger partial charge in [-0.1, -0.05) is 30.3 Å². The predicted octanol–water partition coefficient (Wildman–Crippen LogP) is 2.98. The maximum atomic E-state index is 12.6. The van der Waals surface area contributed by atoms with Crippen molar-refractivity contribution < 1.29 is 9.53 Å². The fourth-order valence-corrected chi connectivity index (χ4v) is 4.25. The van der Waals surface area contributed by atoms with E-state index in [1.54, 1.807) is 24.5 Å². The maximum absolute atomic E-state index is 12.6. The standard InChI is InChI=1S/C22H27N3O2/c1-24(16-18-5-3-2-4-6-18)20-15-22(27-17-20)9-13-25(14-10-22)21(26)19-7-11-23-12-8-19/h2-8,11-12,20H,9-10,13-17H2,1H3/t20-/m1/s1. The summed E-state index contributed by atoms with van der Waals surface area (Å²) in [5.74, 6) is 0.1000. The molecule has 1 aromatic heterocycles. The average molecular weight is 365 g/mol. The van der Waals surface area contributed by atoms with Crippen molar-refractivity contribution in [2.45, 2.75) is 37.5 Å². The lowest BCUT2D eigenvalue weighted by molar-refractivity contribution is -0.0393. The number of piperidine rings is 1. The van der Waals surface area contributed by atoms with Crippen molar-refractivity contribution in [3.63, 3.8) is 0 Å². The summed E-state index contributed by atoms with van der Waals surface area (Å²) in [6, 6.07) is 14.6. The molecule has 27 heavy (non-hydrogen) atoms. The van der Waals surface area contributed by atoms with E-state index in [-0.39, 0.29) is 11.5 Å². The summed E-state index contributed by atoms with van der Waals surface area (Å²) in [5.41, 5.74) is 1.98. The molecule has 1 amide bonds. The Hall–Kier alpha value is -2.24. The van der Waals surface area contributed by atoms with Crippen molar-refractivity contribution in [1.82, 2.24) is 14.8 Å². The van der Waals surface area contributed by atoms with Gasteiger partial charge in [0.05, 0.1) is 12.2 Å². The number of amides is 1. The first-order chi connectivity index (χ1) is 13.2. The minimum Gasteiger partial charge on any atom is -0.373 e. The van der Waals surface area contributed by atoms with Crippen LogP contribution in [0, 0.1) is 0 Å². The molecule has 1 aromatic carbocycles. The van der Waals surface area contributed by atoms with Crippen LogP contribution in [0.4, 0.5) is 0 Å². The number of benzene rings is 1. The topological polar surface area (TPSA) is 45.7 Å². The number of carbonyl (C=O) groups excluding carboxylic acids is 1. The Bertz CT molecular complexity index is 758. The van der Waals surface area contributed by atoms with Crippen LogP contribution in [0.3, 0.4) is 0 Å². The van der Waals surface area contributed by atoms with Gasteiger partial charge in [-0.05, 0) is 44.0 Å². The van der Waals surface area contributed by atoms with Crippen LogP contribution in [0.5, 0.6) is 0 Å². The van der Waals surface area contributed by atoms with E-state index in [2.05, 4.69) is 47.3 Å². The van der Waals surface area contributed by atoms with Gasteiger partial charge in [0.25, 0.3) is 5.91 Å². The van der Waals surface area contributed by atoms with Crippen LogP contribution < -0.4 is 0 Å². The number of pyridine rings is 1. The molecule has 0 bridgehead atoms. The van der Waals surface area contributed by atoms with Gasteiger partial charge in [0.2, 0.25) is 0 Å². The van der Waals surface area contributed by atoms with E-state index in [1.807, 2.05) is 4.90 Å². The molecule has 2 saturated heterocycles. The zero-order valence-corrected chi connectivity index (χ0v) is 15.9. The van der Waals surface area contributed by atoms with Gasteiger partial charge in [-0.25, -0.2) is 0 Å². The lowest BCUT2D eigenvalue weighted by Gasteiger charge is -2.39. The van der Waals surface area contributed by atoms with Crippen molar-refractivity contribution >= 4 is 5.91 Å². The quantitative estimate of drug-likeness (QED) is 0.836. The van der Waals surface area contributed by atoms with Crippen LogP contribution in [-0.4, -0.2) is 59.1 Å². The van der Waals surface area contributed by atoms with E-state index in [1.165, 1.54) is 5.56 Å². The Morgan fingerprint density at radius 3 is 2.59 bits per heavy atom. The van der Waals surface area contributed by atoms with Crippen molar-refractivity contribution in [2.75, 3.05) is 26.7 Å². The number of hydrogen-bond donors (Lipinski definition) is 0. The van der Waals surface area contributed by atoms with Crippen LogP contribution in [0.25, 0.3) is 0 Å². The van der Waals surface area contributed by atoms with Gasteiger partial charge < -0.3 is 9.64 Å². The molecule has 3 heterocycles. The molecule has 0 unspecified atom stereocenters. The third-order valence-electron chi connectivity index (χ3n) is 5.98. The molecular weight excluding hydrogens is 338 g/mol. The number of nitrogens with zero attached hydrogens (tertiary/aromatic N) is 3. The first-order valence-electron chi connectivity index (χ1n) is 9.73. The normalized spacial score (nSPS) is 21.7. The second-order valence-corrected chi connectivity index (χ2v) is 7.78. The molecule has 5 nitrogen and oxygen atoms in total. The molecule has 2 aliphatic heterocycles. The third-order valence-corrected chi connectivity index (χ3v) is 5.98. The van der Waals surface area contributed by atoms with Crippen LogP contribution >= 0.6 is 0 Å². The SMILES string of the molecule is CN(Cc1ccccc1)[C@H]1COC2(CCN(C(=O)c3ccncc3)CC2)C1. The van der Waals surface area contributed by atoms with Crippen molar-refractivity contribution in [2.24, 2.45) is 0 Å². The van der Waals surface area contributed by atoms with E-state index in [4.69, 9.17) is 4.74 Å². The summed E-state index contributed by atoms with van der Waals surface area (Å²) >= 11 is 0. The number of hydrogen-bond acceptors (Lipinski definition) is 4. The lowest BCUT2D eigenvalue weighted by Crippen LogP contribution is -2.47. The summed E-state index contributed by atoms with van der Waals surface area (Å²) in [5, 5.41) is 0. The summed E-state index contributed by atoms with van der Waals surface area (Å²) in [7, 11) is 2.18. The monoisotopic (exact) mass is 365 g/mol. The van der Waals surface area contributed by atoms with Gasteiger partial charge in [-0.3, -0.25) is 14.7 Å². The van der Waals surface area contributed by atoms with Crippen LogP contribution in [-0.2, 0) is 11.3 Å². The fourth-order valence-electron chi connectivity index (χ4n) is 4.25. The van der Waals surface area contributed by atoms with Crippen LogP contribution in [0.15, 0.2) is 54.9 Å². The number of likely N-dealkylation sites (N-methyl/N-ethyl adjacent to an activating group) is 1. The highest BCUT2D eigenvalue weighted by Crippen LogP contribution is 2.38. The summed E-state index contributed by atoms with van der Waals surface area (Å²) in [6.45, 7) is 3.24. The van der Waals surface area contributed by atoms with E-state index < -0.39 is 0 Å². The molecule has 0 N–H and O–H groups in total. The van der Waals surface area contributed by atoms with Gasteiger partial charge in [0.15, 0.2) is 0 Å². The first kappa shape index (κ1) is 18.1. The molecule has 1 atom stereocenters. The molecule has 2 aliphatic rings. The second kappa shape index (κ2) is 7.79. The molecule has 2 fully saturated rings. The number of ether oxygens (including phenoxy) is 1. The Labute approximate surface area is 161 Å². The number of rotatable bonds is 4. The van der Waals surface area contributed by atoms with Crippen molar-refractivity contribution in [1.29, 1.82) is 0 Å². The Morgan fingerprint density at radius 2 is 1.89 bits per heavy atom. The first-order valence-corrected chi connectivity index (χ1v) is 9.73. The highest BCUT2D eigenvalue weighted by molar-refractivity contribution is 5.94. The molecule has 142 valence electrons. The molecule has 1 spiro atoms. The molecule has 0 radical (unpaired) electrons. The number of likely N-dealkylation sites (tertiary alicyclic amines) is 1. The molecule has 0 aliphatic carbocycles. The van der Waals surface area contributed by atoms with Gasteiger partial charge in [-0.15, -0.1) is 0 Å².